The molecule has 0 aromatic carbocycles. The third-order valence-electron chi connectivity index (χ3n) is 3.32. The van der Waals surface area contributed by atoms with Gasteiger partial charge >= 0.3 is 0 Å². The third-order valence-corrected chi connectivity index (χ3v) is 4.02. The molecule has 2 unspecified atom stereocenters. The summed E-state index contributed by atoms with van der Waals surface area (Å²) in [6.07, 6.45) is 10.0. The molecule has 3 nitrogen and oxygen atoms in total. The molecule has 2 atom stereocenters. The molecule has 0 heterocycles. The molecule has 114 valence electrons. The number of rotatable bonds is 12. The minimum absolute atomic E-state index is 0.121. The van der Waals surface area contributed by atoms with E-state index < -0.39 is 0 Å². The number of unbranched alkanes of at least 4 members (excludes halogenated alkanes) is 3. The van der Waals surface area contributed by atoms with E-state index in [1.54, 1.807) is 0 Å². The number of nitrogens with two attached hydrogens (primary N) is 1. The van der Waals surface area contributed by atoms with Gasteiger partial charge < -0.3 is 11.1 Å². The Morgan fingerprint density at radius 3 is 2.42 bits per heavy atom. The van der Waals surface area contributed by atoms with Crippen LogP contribution in [0.2, 0.25) is 0 Å². The van der Waals surface area contributed by atoms with Gasteiger partial charge in [-0.2, -0.15) is 11.8 Å². The fourth-order valence-corrected chi connectivity index (χ4v) is 2.48. The van der Waals surface area contributed by atoms with Crippen LogP contribution in [0.5, 0.6) is 0 Å². The van der Waals surface area contributed by atoms with Crippen LogP contribution in [0.4, 0.5) is 0 Å². The zero-order valence-corrected chi connectivity index (χ0v) is 13.7. The van der Waals surface area contributed by atoms with Gasteiger partial charge in [-0.15, -0.1) is 0 Å². The normalized spacial score (nSPS) is 14.1. The fourth-order valence-electron chi connectivity index (χ4n) is 1.99. The highest BCUT2D eigenvalue weighted by Gasteiger charge is 2.11. The van der Waals surface area contributed by atoms with Gasteiger partial charge in [0.2, 0.25) is 5.91 Å². The first kappa shape index (κ1) is 18.8. The number of hydrogen-bond donors (Lipinski definition) is 2. The van der Waals surface area contributed by atoms with E-state index in [1.807, 2.05) is 25.6 Å². The monoisotopic (exact) mass is 288 g/mol. The Morgan fingerprint density at radius 1 is 1.11 bits per heavy atom. The molecule has 0 radical (unpaired) electrons. The molecule has 0 saturated carbocycles. The molecule has 0 aliphatic carbocycles. The van der Waals surface area contributed by atoms with E-state index in [-0.39, 0.29) is 17.9 Å². The van der Waals surface area contributed by atoms with Crippen LogP contribution < -0.4 is 11.1 Å². The Hall–Kier alpha value is -0.220. The zero-order valence-electron chi connectivity index (χ0n) is 12.9. The molecule has 0 rings (SSSR count). The topological polar surface area (TPSA) is 55.1 Å². The third kappa shape index (κ3) is 12.6. The molecule has 0 bridgehead atoms. The van der Waals surface area contributed by atoms with Crippen molar-refractivity contribution < 1.29 is 4.79 Å². The van der Waals surface area contributed by atoms with E-state index >= 15 is 0 Å². The molecule has 1 amide bonds. The summed E-state index contributed by atoms with van der Waals surface area (Å²) in [6, 6.07) is 0.247. The first-order valence-corrected chi connectivity index (χ1v) is 8.99. The summed E-state index contributed by atoms with van der Waals surface area (Å²) in [4.78, 5) is 11.8. The van der Waals surface area contributed by atoms with Crippen molar-refractivity contribution in [3.8, 4) is 0 Å². The molecule has 4 heteroatoms. The predicted molar refractivity (Wildman–Crippen MR) is 86.5 cm³/mol. The predicted octanol–water partition coefficient (Wildman–Crippen LogP) is 3.18. The minimum Gasteiger partial charge on any atom is -0.356 e. The van der Waals surface area contributed by atoms with Gasteiger partial charge in [0.25, 0.3) is 0 Å². The Balaban J connectivity index is 3.41. The summed E-state index contributed by atoms with van der Waals surface area (Å²) >= 11 is 1.91. The zero-order chi connectivity index (χ0) is 14.5. The summed E-state index contributed by atoms with van der Waals surface area (Å²) in [5.41, 5.74) is 5.70. The van der Waals surface area contributed by atoms with Crippen molar-refractivity contribution >= 4 is 17.7 Å². The second-order valence-electron chi connectivity index (χ2n) is 5.51. The first-order valence-electron chi connectivity index (χ1n) is 7.60. The van der Waals surface area contributed by atoms with E-state index in [2.05, 4.69) is 11.6 Å². The van der Waals surface area contributed by atoms with Crippen LogP contribution in [-0.4, -0.2) is 30.5 Å². The Bertz CT molecular complexity index is 222. The second-order valence-corrected chi connectivity index (χ2v) is 6.49. The molecule has 0 aliphatic rings. The quantitative estimate of drug-likeness (QED) is 0.542. The molecular weight excluding hydrogens is 256 g/mol. The van der Waals surface area contributed by atoms with Crippen molar-refractivity contribution in [2.24, 2.45) is 11.7 Å². The van der Waals surface area contributed by atoms with Gasteiger partial charge in [-0.1, -0.05) is 26.2 Å². The van der Waals surface area contributed by atoms with Gasteiger partial charge in [-0.25, -0.2) is 0 Å². The lowest BCUT2D eigenvalue weighted by Gasteiger charge is -2.12. The fraction of sp³-hybridized carbons (Fsp3) is 0.933. The van der Waals surface area contributed by atoms with Crippen molar-refractivity contribution in [2.45, 2.75) is 64.8 Å². The molecule has 0 fully saturated rings. The molecule has 0 spiro atoms. The smallest absolute Gasteiger partial charge is 0.222 e. The van der Waals surface area contributed by atoms with Gasteiger partial charge in [-0.05, 0) is 44.6 Å². The number of amides is 1. The molecule has 19 heavy (non-hydrogen) atoms. The maximum absolute atomic E-state index is 11.8. The van der Waals surface area contributed by atoms with Crippen molar-refractivity contribution in [1.29, 1.82) is 0 Å². The van der Waals surface area contributed by atoms with E-state index in [9.17, 15) is 4.79 Å². The SMILES string of the molecule is CSCCCCCCNC(=O)C(C)CCCC(C)N. The van der Waals surface area contributed by atoms with Gasteiger partial charge in [0.15, 0.2) is 0 Å². The standard InChI is InChI=1S/C15H32N2OS/c1-13(9-8-10-14(2)16)15(18)17-11-6-4-5-7-12-19-3/h13-14H,4-12,16H2,1-3H3,(H,17,18). The molecule has 0 aromatic rings. The number of carbonyl (C=O) groups excluding carboxylic acids is 1. The summed E-state index contributed by atoms with van der Waals surface area (Å²) in [7, 11) is 0. The van der Waals surface area contributed by atoms with E-state index in [4.69, 9.17) is 5.73 Å². The molecular formula is C15H32N2OS. The highest BCUT2D eigenvalue weighted by Crippen LogP contribution is 2.09. The lowest BCUT2D eigenvalue weighted by atomic mass is 10.0. The maximum Gasteiger partial charge on any atom is 0.222 e. The molecule has 0 aliphatic heterocycles. The van der Waals surface area contributed by atoms with Crippen molar-refractivity contribution in [3.63, 3.8) is 0 Å². The highest BCUT2D eigenvalue weighted by molar-refractivity contribution is 7.98. The van der Waals surface area contributed by atoms with Crippen LogP contribution in [0.3, 0.4) is 0 Å². The van der Waals surface area contributed by atoms with Crippen LogP contribution >= 0.6 is 11.8 Å². The van der Waals surface area contributed by atoms with Gasteiger partial charge in [0.05, 0.1) is 0 Å². The lowest BCUT2D eigenvalue weighted by molar-refractivity contribution is -0.124. The van der Waals surface area contributed by atoms with E-state index in [0.717, 1.165) is 32.2 Å². The number of nitrogens with one attached hydrogen (secondary N) is 1. The molecule has 0 aromatic heterocycles. The van der Waals surface area contributed by atoms with Gasteiger partial charge in [-0.3, -0.25) is 4.79 Å². The Kier molecular flexibility index (Phi) is 12.6. The molecule has 3 N–H and O–H groups in total. The van der Waals surface area contributed by atoms with E-state index in [1.165, 1.54) is 25.0 Å². The Labute approximate surface area is 123 Å². The average Bonchev–Trinajstić information content (AvgIpc) is 2.36. The van der Waals surface area contributed by atoms with Gasteiger partial charge in [0.1, 0.15) is 0 Å². The highest BCUT2D eigenvalue weighted by atomic mass is 32.2. The lowest BCUT2D eigenvalue weighted by Crippen LogP contribution is -2.30. The minimum atomic E-state index is 0.121. The molecule has 0 saturated heterocycles. The maximum atomic E-state index is 11.8. The summed E-state index contributed by atoms with van der Waals surface area (Å²) < 4.78 is 0. The Morgan fingerprint density at radius 2 is 1.79 bits per heavy atom. The number of thioether (sulfide) groups is 1. The number of hydrogen-bond acceptors (Lipinski definition) is 3. The van der Waals surface area contributed by atoms with E-state index in [0.29, 0.717) is 0 Å². The van der Waals surface area contributed by atoms with Crippen LogP contribution in [-0.2, 0) is 4.79 Å². The summed E-state index contributed by atoms with van der Waals surface area (Å²) in [6.45, 7) is 4.85. The van der Waals surface area contributed by atoms with Crippen molar-refractivity contribution in [2.75, 3.05) is 18.6 Å². The van der Waals surface area contributed by atoms with Gasteiger partial charge in [0, 0.05) is 18.5 Å². The largest absolute Gasteiger partial charge is 0.356 e. The summed E-state index contributed by atoms with van der Waals surface area (Å²) in [5, 5.41) is 3.04. The van der Waals surface area contributed by atoms with Crippen LogP contribution in [0.15, 0.2) is 0 Å². The second kappa shape index (κ2) is 12.8. The first-order chi connectivity index (χ1) is 9.07. The number of carbonyl (C=O) groups is 1. The van der Waals surface area contributed by atoms with Crippen molar-refractivity contribution in [1.82, 2.24) is 5.32 Å². The van der Waals surface area contributed by atoms with Crippen LogP contribution in [0.1, 0.15) is 58.8 Å². The summed E-state index contributed by atoms with van der Waals surface area (Å²) in [5.74, 6) is 1.58. The van der Waals surface area contributed by atoms with Crippen molar-refractivity contribution in [3.05, 3.63) is 0 Å². The van der Waals surface area contributed by atoms with Crippen LogP contribution in [0, 0.1) is 5.92 Å². The average molecular weight is 289 g/mol. The van der Waals surface area contributed by atoms with Crippen LogP contribution in [0.25, 0.3) is 0 Å².